The Morgan fingerprint density at radius 3 is 2.67 bits per heavy atom. The van der Waals surface area contributed by atoms with E-state index in [2.05, 4.69) is 0 Å². The summed E-state index contributed by atoms with van der Waals surface area (Å²) in [6.45, 7) is 2.65. The lowest BCUT2D eigenvalue weighted by Crippen LogP contribution is -2.39. The Labute approximate surface area is 125 Å². The highest BCUT2D eigenvalue weighted by Crippen LogP contribution is 2.27. The summed E-state index contributed by atoms with van der Waals surface area (Å²) in [5, 5.41) is 0. The molecule has 0 spiro atoms. The maximum absolute atomic E-state index is 12.3. The van der Waals surface area contributed by atoms with Crippen molar-refractivity contribution in [1.82, 2.24) is 4.90 Å². The lowest BCUT2D eigenvalue weighted by atomic mass is 10.0. The fraction of sp³-hybridized carbons (Fsp3) is 0.500. The van der Waals surface area contributed by atoms with Gasteiger partial charge in [-0.2, -0.15) is 0 Å². The molecule has 1 aromatic rings. The van der Waals surface area contributed by atoms with Crippen molar-refractivity contribution in [2.24, 2.45) is 0 Å². The van der Waals surface area contributed by atoms with Gasteiger partial charge in [0.25, 0.3) is 0 Å². The first-order valence-corrected chi connectivity index (χ1v) is 7.45. The average molecular weight is 290 g/mol. The Kier molecular flexibility index (Phi) is 5.20. The van der Waals surface area contributed by atoms with Crippen LogP contribution in [0.5, 0.6) is 0 Å². The average Bonchev–Trinajstić information content (AvgIpc) is 2.67. The van der Waals surface area contributed by atoms with Crippen molar-refractivity contribution in [3.8, 4) is 0 Å². The second kappa shape index (κ2) is 7.11. The third-order valence-corrected chi connectivity index (χ3v) is 3.68. The number of amides is 1. The third-order valence-electron chi connectivity index (χ3n) is 3.68. The van der Waals surface area contributed by atoms with Crippen LogP contribution in [0.4, 0.5) is 5.69 Å². The monoisotopic (exact) mass is 290 g/mol. The first-order chi connectivity index (χ1) is 10.1. The molecule has 0 aromatic heterocycles. The molecule has 1 aliphatic rings. The number of nitrogens with zero attached hydrogens (tertiary/aromatic N) is 1. The van der Waals surface area contributed by atoms with E-state index in [1.807, 2.05) is 0 Å². The molecule has 1 fully saturated rings. The van der Waals surface area contributed by atoms with Crippen LogP contribution in [0.15, 0.2) is 24.3 Å². The van der Waals surface area contributed by atoms with Crippen LogP contribution in [0, 0.1) is 0 Å². The number of nitrogens with two attached hydrogens (primary N) is 1. The van der Waals surface area contributed by atoms with Gasteiger partial charge in [-0.3, -0.25) is 4.79 Å². The van der Waals surface area contributed by atoms with E-state index in [0.717, 1.165) is 24.8 Å². The minimum Gasteiger partial charge on any atom is -0.464 e. The fourth-order valence-electron chi connectivity index (χ4n) is 2.62. The molecule has 21 heavy (non-hydrogen) atoms. The Morgan fingerprint density at radius 2 is 2.00 bits per heavy atom. The van der Waals surface area contributed by atoms with E-state index >= 15 is 0 Å². The summed E-state index contributed by atoms with van der Waals surface area (Å²) in [6.07, 6.45) is 3.30. The number of likely N-dealkylation sites (tertiary alicyclic amines) is 1. The minimum absolute atomic E-state index is 0.0161. The van der Waals surface area contributed by atoms with Crippen molar-refractivity contribution >= 4 is 17.6 Å². The van der Waals surface area contributed by atoms with Gasteiger partial charge in [0.1, 0.15) is 0 Å². The second-order valence-corrected chi connectivity index (χ2v) is 5.22. The molecule has 0 saturated carbocycles. The van der Waals surface area contributed by atoms with Crippen LogP contribution in [0.2, 0.25) is 0 Å². The van der Waals surface area contributed by atoms with Gasteiger partial charge in [0.2, 0.25) is 5.91 Å². The predicted molar refractivity (Wildman–Crippen MR) is 80.4 cm³/mol. The highest BCUT2D eigenvalue weighted by molar-refractivity contribution is 5.85. The van der Waals surface area contributed by atoms with Crippen molar-refractivity contribution in [2.45, 2.75) is 38.6 Å². The maximum Gasteiger partial charge on any atom is 0.333 e. The van der Waals surface area contributed by atoms with E-state index in [1.165, 1.54) is 0 Å². The van der Waals surface area contributed by atoms with Crippen molar-refractivity contribution in [1.29, 1.82) is 0 Å². The number of esters is 1. The molecule has 0 aliphatic carbocycles. The van der Waals surface area contributed by atoms with Crippen molar-refractivity contribution in [3.63, 3.8) is 0 Å². The minimum atomic E-state index is -0.670. The van der Waals surface area contributed by atoms with Crippen molar-refractivity contribution in [2.75, 3.05) is 18.9 Å². The maximum atomic E-state index is 12.3. The second-order valence-electron chi connectivity index (χ2n) is 5.22. The summed E-state index contributed by atoms with van der Waals surface area (Å²) in [6, 6.07) is 6.38. The predicted octanol–water partition coefficient (Wildman–Crippen LogP) is 2.28. The molecule has 1 aromatic carbocycles. The van der Waals surface area contributed by atoms with Crippen LogP contribution >= 0.6 is 0 Å². The summed E-state index contributed by atoms with van der Waals surface area (Å²) in [4.78, 5) is 26.3. The van der Waals surface area contributed by atoms with Gasteiger partial charge in [-0.1, -0.05) is 18.6 Å². The molecule has 0 radical (unpaired) electrons. The van der Waals surface area contributed by atoms with Crippen LogP contribution in [-0.4, -0.2) is 29.9 Å². The van der Waals surface area contributed by atoms with Gasteiger partial charge in [0.15, 0.2) is 6.04 Å². The molecule has 1 amide bonds. The zero-order valence-corrected chi connectivity index (χ0v) is 12.4. The topological polar surface area (TPSA) is 72.6 Å². The van der Waals surface area contributed by atoms with E-state index in [1.54, 1.807) is 36.1 Å². The van der Waals surface area contributed by atoms with Crippen molar-refractivity contribution < 1.29 is 14.3 Å². The third kappa shape index (κ3) is 3.74. The molecule has 1 heterocycles. The number of anilines is 1. The van der Waals surface area contributed by atoms with Crippen LogP contribution in [-0.2, 0) is 14.3 Å². The molecular formula is C16H22N2O3. The molecule has 1 unspecified atom stereocenters. The van der Waals surface area contributed by atoms with Gasteiger partial charge in [-0.15, -0.1) is 0 Å². The number of rotatable bonds is 4. The van der Waals surface area contributed by atoms with Crippen LogP contribution in [0.1, 0.15) is 44.2 Å². The standard InChI is InChI=1S/C16H22N2O3/c1-2-21-16(20)15(12-7-9-13(17)10-8-12)18-11-5-3-4-6-14(18)19/h7-10,15H,2-6,11,17H2,1H3. The van der Waals surface area contributed by atoms with Gasteiger partial charge < -0.3 is 15.4 Å². The summed E-state index contributed by atoms with van der Waals surface area (Å²) in [5.41, 5.74) is 7.07. The molecule has 5 heteroatoms. The molecule has 1 atom stereocenters. The van der Waals surface area contributed by atoms with E-state index in [0.29, 0.717) is 25.3 Å². The summed E-state index contributed by atoms with van der Waals surface area (Å²) in [7, 11) is 0. The normalized spacial score (nSPS) is 17.2. The number of benzene rings is 1. The first-order valence-electron chi connectivity index (χ1n) is 7.45. The number of ether oxygens (including phenoxy) is 1. The van der Waals surface area contributed by atoms with E-state index in [-0.39, 0.29) is 11.9 Å². The molecule has 0 bridgehead atoms. The number of hydrogen-bond donors (Lipinski definition) is 1. The zero-order chi connectivity index (χ0) is 15.2. The Hall–Kier alpha value is -2.04. The number of carbonyl (C=O) groups is 2. The highest BCUT2D eigenvalue weighted by atomic mass is 16.5. The molecule has 2 N–H and O–H groups in total. The van der Waals surface area contributed by atoms with E-state index in [9.17, 15) is 9.59 Å². The summed E-state index contributed by atoms with van der Waals surface area (Å²) < 4.78 is 5.17. The molecular weight excluding hydrogens is 268 g/mol. The number of nitrogen functional groups attached to an aromatic ring is 1. The Morgan fingerprint density at radius 1 is 1.29 bits per heavy atom. The van der Waals surface area contributed by atoms with Gasteiger partial charge in [-0.25, -0.2) is 4.79 Å². The number of hydrogen-bond acceptors (Lipinski definition) is 4. The van der Waals surface area contributed by atoms with Gasteiger partial charge in [-0.05, 0) is 37.5 Å². The first kappa shape index (κ1) is 15.4. The molecule has 114 valence electrons. The Balaban J connectivity index is 2.32. The molecule has 5 nitrogen and oxygen atoms in total. The SMILES string of the molecule is CCOC(=O)C(c1ccc(N)cc1)N1CCCCCC1=O. The van der Waals surface area contributed by atoms with Crippen LogP contribution < -0.4 is 5.73 Å². The molecule has 1 saturated heterocycles. The molecule has 1 aliphatic heterocycles. The van der Waals surface area contributed by atoms with Gasteiger partial charge >= 0.3 is 5.97 Å². The number of carbonyl (C=O) groups excluding carboxylic acids is 2. The molecule has 2 rings (SSSR count). The summed E-state index contributed by atoms with van der Waals surface area (Å²) in [5.74, 6) is -0.361. The smallest absolute Gasteiger partial charge is 0.333 e. The highest BCUT2D eigenvalue weighted by Gasteiger charge is 2.32. The lowest BCUT2D eigenvalue weighted by molar-refractivity contribution is -0.155. The van der Waals surface area contributed by atoms with Gasteiger partial charge in [0.05, 0.1) is 6.61 Å². The summed E-state index contributed by atoms with van der Waals surface area (Å²) >= 11 is 0. The largest absolute Gasteiger partial charge is 0.464 e. The fourth-order valence-corrected chi connectivity index (χ4v) is 2.62. The quantitative estimate of drug-likeness (QED) is 0.682. The Bertz CT molecular complexity index is 499. The lowest BCUT2D eigenvalue weighted by Gasteiger charge is -2.29. The van der Waals surface area contributed by atoms with Crippen LogP contribution in [0.25, 0.3) is 0 Å². The zero-order valence-electron chi connectivity index (χ0n) is 12.4. The van der Waals surface area contributed by atoms with Crippen LogP contribution in [0.3, 0.4) is 0 Å². The van der Waals surface area contributed by atoms with Gasteiger partial charge in [0, 0.05) is 18.7 Å². The van der Waals surface area contributed by atoms with E-state index < -0.39 is 6.04 Å². The van der Waals surface area contributed by atoms with Crippen molar-refractivity contribution in [3.05, 3.63) is 29.8 Å². The van der Waals surface area contributed by atoms with E-state index in [4.69, 9.17) is 10.5 Å².